The molecule has 0 aliphatic carbocycles. The van der Waals surface area contributed by atoms with Crippen LogP contribution in [0.4, 0.5) is 0 Å². The second-order valence-corrected chi connectivity index (χ2v) is 10.9. The van der Waals surface area contributed by atoms with E-state index in [1.54, 1.807) is 0 Å². The number of benzene rings is 1. The smallest absolute Gasteiger partial charge is 0.191 e. The van der Waals surface area contributed by atoms with Crippen molar-refractivity contribution in [2.24, 2.45) is 4.99 Å². The Balaban J connectivity index is 0.00000341. The van der Waals surface area contributed by atoms with Gasteiger partial charge in [-0.2, -0.15) is 0 Å². The highest BCUT2D eigenvalue weighted by Crippen LogP contribution is 2.27. The van der Waals surface area contributed by atoms with E-state index >= 15 is 0 Å². The molecule has 2 N–H and O–H groups in total. The van der Waals surface area contributed by atoms with Gasteiger partial charge in [0.2, 0.25) is 0 Å². The Morgan fingerprint density at radius 3 is 2.39 bits per heavy atom. The van der Waals surface area contributed by atoms with Gasteiger partial charge in [0.05, 0.1) is 18.3 Å². The maximum atomic E-state index is 11.4. The number of nitrogens with one attached hydrogen (secondary N) is 2. The van der Waals surface area contributed by atoms with E-state index in [1.807, 2.05) is 35.6 Å². The van der Waals surface area contributed by atoms with E-state index in [4.69, 9.17) is 4.99 Å². The molecule has 0 radical (unpaired) electrons. The van der Waals surface area contributed by atoms with Gasteiger partial charge in [0, 0.05) is 24.2 Å². The Bertz CT molecular complexity index is 909. The van der Waals surface area contributed by atoms with E-state index in [2.05, 4.69) is 40.0 Å². The van der Waals surface area contributed by atoms with Gasteiger partial charge in [0.1, 0.15) is 0 Å². The van der Waals surface area contributed by atoms with Crippen LogP contribution in [0.25, 0.3) is 0 Å². The lowest BCUT2D eigenvalue weighted by Crippen LogP contribution is -2.42. The third-order valence-corrected chi connectivity index (χ3v) is 6.96. The Morgan fingerprint density at radius 2 is 1.81 bits per heavy atom. The van der Waals surface area contributed by atoms with E-state index in [-0.39, 0.29) is 29.7 Å². The molecule has 2 heterocycles. The van der Waals surface area contributed by atoms with Crippen LogP contribution in [0.2, 0.25) is 0 Å². The molecular weight excluding hydrogens is 543 g/mol. The molecule has 2 aromatic rings. The van der Waals surface area contributed by atoms with Gasteiger partial charge in [-0.3, -0.25) is 4.90 Å². The first-order valence-electron chi connectivity index (χ1n) is 10.5. The van der Waals surface area contributed by atoms with Crippen LogP contribution in [-0.4, -0.2) is 51.7 Å². The molecule has 172 valence electrons. The minimum atomic E-state index is -3.02. The van der Waals surface area contributed by atoms with Gasteiger partial charge in [-0.1, -0.05) is 30.3 Å². The fraction of sp³-hybridized carbons (Fsp3) is 0.500. The summed E-state index contributed by atoms with van der Waals surface area (Å²) in [7, 11) is -3.02. The SMILES string of the molecule is CCNC(=NCc1ccc(CS(C)(=O)=O)cc1)NCC(c1cccs1)N1CCCC1.I. The number of thiophene rings is 1. The molecule has 1 unspecified atom stereocenters. The first-order chi connectivity index (χ1) is 14.4. The number of guanidine groups is 1. The molecule has 1 aliphatic rings. The fourth-order valence-corrected chi connectivity index (χ4v) is 5.35. The summed E-state index contributed by atoms with van der Waals surface area (Å²) in [5.74, 6) is 0.875. The molecule has 1 fully saturated rings. The predicted octanol–water partition coefficient (Wildman–Crippen LogP) is 3.80. The summed E-state index contributed by atoms with van der Waals surface area (Å²) < 4.78 is 22.9. The van der Waals surface area contributed by atoms with Crippen molar-refractivity contribution >= 4 is 51.1 Å². The van der Waals surface area contributed by atoms with Crippen molar-refractivity contribution in [3.63, 3.8) is 0 Å². The van der Waals surface area contributed by atoms with Gasteiger partial charge in [0.15, 0.2) is 15.8 Å². The predicted molar refractivity (Wildman–Crippen MR) is 141 cm³/mol. The minimum Gasteiger partial charge on any atom is -0.357 e. The largest absolute Gasteiger partial charge is 0.357 e. The summed E-state index contributed by atoms with van der Waals surface area (Å²) >= 11 is 1.81. The Morgan fingerprint density at radius 1 is 1.13 bits per heavy atom. The normalized spacial score (nSPS) is 16.0. The fourth-order valence-electron chi connectivity index (χ4n) is 3.69. The van der Waals surface area contributed by atoms with Crippen LogP contribution >= 0.6 is 35.3 Å². The zero-order valence-electron chi connectivity index (χ0n) is 18.2. The lowest BCUT2D eigenvalue weighted by Gasteiger charge is -2.27. The molecule has 3 rings (SSSR count). The van der Waals surface area contributed by atoms with E-state index in [0.29, 0.717) is 12.6 Å². The topological polar surface area (TPSA) is 73.8 Å². The lowest BCUT2D eigenvalue weighted by atomic mass is 10.1. The van der Waals surface area contributed by atoms with Crippen molar-refractivity contribution in [3.05, 3.63) is 57.8 Å². The summed E-state index contributed by atoms with van der Waals surface area (Å²) in [5, 5.41) is 9.00. The van der Waals surface area contributed by atoms with E-state index < -0.39 is 9.84 Å². The quantitative estimate of drug-likeness (QED) is 0.270. The Kier molecular flexibility index (Phi) is 10.7. The second-order valence-electron chi connectivity index (χ2n) is 7.74. The molecule has 0 amide bonds. The van der Waals surface area contributed by atoms with E-state index in [1.165, 1.54) is 24.0 Å². The van der Waals surface area contributed by atoms with Crippen molar-refractivity contribution in [3.8, 4) is 0 Å². The van der Waals surface area contributed by atoms with Crippen molar-refractivity contribution in [2.75, 3.05) is 32.4 Å². The number of likely N-dealkylation sites (tertiary alicyclic amines) is 1. The van der Waals surface area contributed by atoms with Gasteiger partial charge in [-0.05, 0) is 55.4 Å². The number of hydrogen-bond donors (Lipinski definition) is 2. The summed E-state index contributed by atoms with van der Waals surface area (Å²) in [4.78, 5) is 8.68. The maximum Gasteiger partial charge on any atom is 0.191 e. The van der Waals surface area contributed by atoms with Gasteiger partial charge in [0.25, 0.3) is 0 Å². The van der Waals surface area contributed by atoms with Crippen LogP contribution in [0.1, 0.15) is 41.8 Å². The average Bonchev–Trinajstić information content (AvgIpc) is 3.41. The molecule has 1 aromatic carbocycles. The maximum absolute atomic E-state index is 11.4. The van der Waals surface area contributed by atoms with Crippen LogP contribution in [-0.2, 0) is 22.1 Å². The number of halogens is 1. The number of hydrogen-bond acceptors (Lipinski definition) is 5. The highest BCUT2D eigenvalue weighted by atomic mass is 127. The molecule has 0 spiro atoms. The standard InChI is InChI=1S/C22H32N4O2S2.HI/c1-3-23-22(24-15-18-8-10-19(11-9-18)17-30(2,27)28)25-16-20(21-7-6-14-29-21)26-12-4-5-13-26;/h6-11,14,20H,3-5,12-13,15-17H2,1-2H3,(H2,23,24,25);1H. The minimum absolute atomic E-state index is 0. The molecule has 1 aliphatic heterocycles. The number of aliphatic imine (C=N–C) groups is 1. The Hall–Kier alpha value is -1.17. The highest BCUT2D eigenvalue weighted by molar-refractivity contribution is 14.0. The summed E-state index contributed by atoms with van der Waals surface area (Å²) in [6.07, 6.45) is 3.79. The van der Waals surface area contributed by atoms with Crippen molar-refractivity contribution in [2.45, 2.75) is 38.1 Å². The van der Waals surface area contributed by atoms with Crippen LogP contribution in [0.5, 0.6) is 0 Å². The number of rotatable bonds is 9. The lowest BCUT2D eigenvalue weighted by molar-refractivity contribution is 0.249. The Labute approximate surface area is 207 Å². The van der Waals surface area contributed by atoms with Crippen molar-refractivity contribution in [1.29, 1.82) is 0 Å². The van der Waals surface area contributed by atoms with E-state index in [9.17, 15) is 8.42 Å². The highest BCUT2D eigenvalue weighted by Gasteiger charge is 2.24. The van der Waals surface area contributed by atoms with Gasteiger partial charge in [-0.25, -0.2) is 13.4 Å². The number of sulfone groups is 1. The van der Waals surface area contributed by atoms with Crippen LogP contribution < -0.4 is 10.6 Å². The van der Waals surface area contributed by atoms with Gasteiger partial charge in [-0.15, -0.1) is 35.3 Å². The van der Waals surface area contributed by atoms with Crippen LogP contribution in [0.15, 0.2) is 46.8 Å². The van der Waals surface area contributed by atoms with Crippen molar-refractivity contribution < 1.29 is 8.42 Å². The first kappa shape index (κ1) is 26.1. The molecule has 1 atom stereocenters. The third kappa shape index (κ3) is 8.70. The molecule has 1 aromatic heterocycles. The van der Waals surface area contributed by atoms with Crippen molar-refractivity contribution in [1.82, 2.24) is 15.5 Å². The molecule has 0 saturated carbocycles. The monoisotopic (exact) mass is 576 g/mol. The van der Waals surface area contributed by atoms with E-state index in [0.717, 1.165) is 43.3 Å². The van der Waals surface area contributed by atoms with Gasteiger partial charge >= 0.3 is 0 Å². The van der Waals surface area contributed by atoms with Crippen LogP contribution in [0.3, 0.4) is 0 Å². The molecular formula is C22H33IN4O2S2. The molecule has 0 bridgehead atoms. The first-order valence-corrected chi connectivity index (χ1v) is 13.4. The summed E-state index contributed by atoms with van der Waals surface area (Å²) in [5.41, 5.74) is 1.86. The molecule has 9 heteroatoms. The zero-order chi connectivity index (χ0) is 21.4. The molecule has 31 heavy (non-hydrogen) atoms. The molecule has 6 nitrogen and oxygen atoms in total. The summed E-state index contributed by atoms with van der Waals surface area (Å²) in [6.45, 7) is 6.53. The average molecular weight is 577 g/mol. The van der Waals surface area contributed by atoms with Gasteiger partial charge < -0.3 is 10.6 Å². The summed E-state index contributed by atoms with van der Waals surface area (Å²) in [6, 6.07) is 12.3. The number of nitrogens with zero attached hydrogens (tertiary/aromatic N) is 2. The second kappa shape index (κ2) is 12.8. The van der Waals surface area contributed by atoms with Crippen LogP contribution in [0, 0.1) is 0 Å². The third-order valence-electron chi connectivity index (χ3n) is 5.13. The zero-order valence-corrected chi connectivity index (χ0v) is 22.2. The molecule has 1 saturated heterocycles.